The van der Waals surface area contributed by atoms with Crippen LogP contribution in [0.5, 0.6) is 5.75 Å². The second-order valence-corrected chi connectivity index (χ2v) is 8.59. The van der Waals surface area contributed by atoms with Crippen molar-refractivity contribution in [2.45, 2.75) is 50.1 Å². The van der Waals surface area contributed by atoms with Gasteiger partial charge < -0.3 is 9.26 Å². The van der Waals surface area contributed by atoms with Crippen molar-refractivity contribution < 1.29 is 9.26 Å². The molecule has 150 valence electrons. The molecule has 2 aromatic carbocycles. The minimum absolute atomic E-state index is 0.334. The van der Waals surface area contributed by atoms with E-state index in [1.165, 1.54) is 30.4 Å². The van der Waals surface area contributed by atoms with Gasteiger partial charge in [-0.1, -0.05) is 35.0 Å². The summed E-state index contributed by atoms with van der Waals surface area (Å²) >= 11 is 0. The fourth-order valence-corrected chi connectivity index (χ4v) is 5.36. The lowest BCUT2D eigenvalue weighted by molar-refractivity contribution is 0.122. The largest absolute Gasteiger partial charge is 0.497 e. The normalized spacial score (nSPS) is 26.6. The van der Waals surface area contributed by atoms with Crippen LogP contribution in [0.1, 0.15) is 48.0 Å². The smallest absolute Gasteiger partial charge is 0.142 e. The van der Waals surface area contributed by atoms with Crippen LogP contribution < -0.4 is 4.74 Å². The predicted molar refractivity (Wildman–Crippen MR) is 114 cm³/mol. The Morgan fingerprint density at radius 3 is 2.52 bits per heavy atom. The summed E-state index contributed by atoms with van der Waals surface area (Å²) in [5.41, 5.74) is 4.69. The molecule has 4 heteroatoms. The zero-order valence-corrected chi connectivity index (χ0v) is 17.3. The van der Waals surface area contributed by atoms with Crippen molar-refractivity contribution in [1.82, 2.24) is 10.1 Å². The minimum Gasteiger partial charge on any atom is -0.497 e. The molecule has 3 heterocycles. The van der Waals surface area contributed by atoms with Gasteiger partial charge in [-0.05, 0) is 69.0 Å². The van der Waals surface area contributed by atoms with Gasteiger partial charge in [-0.3, -0.25) is 4.90 Å². The van der Waals surface area contributed by atoms with Crippen LogP contribution >= 0.6 is 0 Å². The number of aromatic nitrogens is 1. The van der Waals surface area contributed by atoms with E-state index in [0.29, 0.717) is 23.9 Å². The Bertz CT molecular complexity index is 977. The molecule has 2 aliphatic rings. The Labute approximate surface area is 172 Å². The molecule has 3 aromatic rings. The first-order chi connectivity index (χ1) is 14.1. The standard InChI is InChI=1S/C25H28N2O2/c1-16-4-6-17(7-5-16)21-14-19-10-13-23(27(19)2)25(21)24-15-22(26-29-24)18-8-11-20(28-3)12-9-18/h4-9,11-12,15,19,21,23,25H,10,13-14H2,1-3H3/t19-,21+,23+,25-/m0/s1. The molecule has 0 radical (unpaired) electrons. The van der Waals surface area contributed by atoms with Crippen molar-refractivity contribution >= 4 is 0 Å². The highest BCUT2D eigenvalue weighted by Crippen LogP contribution is 2.51. The maximum absolute atomic E-state index is 5.98. The number of likely N-dealkylation sites (N-methyl/N-ethyl adjacent to an activating group) is 1. The molecule has 0 aliphatic carbocycles. The second-order valence-electron chi connectivity index (χ2n) is 8.59. The van der Waals surface area contributed by atoms with Crippen LogP contribution in [0.15, 0.2) is 59.1 Å². The number of methoxy groups -OCH3 is 1. The molecule has 29 heavy (non-hydrogen) atoms. The summed E-state index contributed by atoms with van der Waals surface area (Å²) in [5.74, 6) is 2.67. The van der Waals surface area contributed by atoms with E-state index in [9.17, 15) is 0 Å². The molecule has 0 saturated carbocycles. The van der Waals surface area contributed by atoms with Gasteiger partial charge in [0.05, 0.1) is 7.11 Å². The molecule has 2 saturated heterocycles. The van der Waals surface area contributed by atoms with E-state index in [1.54, 1.807) is 7.11 Å². The number of hydrogen-bond acceptors (Lipinski definition) is 4. The van der Waals surface area contributed by atoms with Gasteiger partial charge in [-0.15, -0.1) is 0 Å². The fourth-order valence-electron chi connectivity index (χ4n) is 5.36. The van der Waals surface area contributed by atoms with Gasteiger partial charge in [0.25, 0.3) is 0 Å². The summed E-state index contributed by atoms with van der Waals surface area (Å²) in [7, 11) is 3.96. The Morgan fingerprint density at radius 1 is 1.03 bits per heavy atom. The van der Waals surface area contributed by atoms with Crippen molar-refractivity contribution in [2.24, 2.45) is 0 Å². The highest BCUT2D eigenvalue weighted by Gasteiger charge is 2.48. The lowest BCUT2D eigenvalue weighted by Crippen LogP contribution is -2.44. The van der Waals surface area contributed by atoms with Crippen molar-refractivity contribution in [3.05, 3.63) is 71.5 Å². The maximum Gasteiger partial charge on any atom is 0.142 e. The average Bonchev–Trinajstić information content (AvgIpc) is 3.31. The van der Waals surface area contributed by atoms with Gasteiger partial charge in [0.2, 0.25) is 0 Å². The number of fused-ring (bicyclic) bond motifs is 2. The van der Waals surface area contributed by atoms with Crippen LogP contribution in [0, 0.1) is 6.92 Å². The molecule has 4 atom stereocenters. The van der Waals surface area contributed by atoms with Gasteiger partial charge in [0.1, 0.15) is 17.2 Å². The summed E-state index contributed by atoms with van der Waals surface area (Å²) in [6.07, 6.45) is 3.69. The number of piperidine rings is 1. The minimum atomic E-state index is 0.334. The molecule has 2 aliphatic heterocycles. The Balaban J connectivity index is 1.50. The van der Waals surface area contributed by atoms with Crippen molar-refractivity contribution in [3.8, 4) is 17.0 Å². The van der Waals surface area contributed by atoms with E-state index in [0.717, 1.165) is 22.8 Å². The predicted octanol–water partition coefficient (Wildman–Crippen LogP) is 5.39. The van der Waals surface area contributed by atoms with Crippen LogP contribution in [0.3, 0.4) is 0 Å². The second kappa shape index (κ2) is 7.34. The van der Waals surface area contributed by atoms with Crippen LogP contribution in [0.25, 0.3) is 11.3 Å². The van der Waals surface area contributed by atoms with E-state index in [1.807, 2.05) is 24.3 Å². The molecule has 2 bridgehead atoms. The SMILES string of the molecule is COc1ccc(-c2cc([C@H]3[C@@H](c4ccc(C)cc4)C[C@@H]4CC[C@H]3N4C)on2)cc1. The first kappa shape index (κ1) is 18.4. The molecular formula is C25H28N2O2. The van der Waals surface area contributed by atoms with Gasteiger partial charge in [0, 0.05) is 29.6 Å². The zero-order chi connectivity index (χ0) is 20.0. The van der Waals surface area contributed by atoms with Crippen molar-refractivity contribution in [2.75, 3.05) is 14.2 Å². The molecule has 5 rings (SSSR count). The molecule has 2 fully saturated rings. The summed E-state index contributed by atoms with van der Waals surface area (Å²) in [4.78, 5) is 2.57. The molecule has 0 spiro atoms. The number of nitrogens with zero attached hydrogens (tertiary/aromatic N) is 2. The number of ether oxygens (including phenoxy) is 1. The third-order valence-corrected chi connectivity index (χ3v) is 7.02. The molecule has 1 aromatic heterocycles. The molecule has 0 N–H and O–H groups in total. The quantitative estimate of drug-likeness (QED) is 0.600. The Kier molecular flexibility index (Phi) is 4.67. The van der Waals surface area contributed by atoms with Crippen LogP contribution in [0.4, 0.5) is 0 Å². The Hall–Kier alpha value is -2.59. The maximum atomic E-state index is 5.98. The van der Waals surface area contributed by atoms with Crippen LogP contribution in [0.2, 0.25) is 0 Å². The van der Waals surface area contributed by atoms with Crippen molar-refractivity contribution in [1.29, 1.82) is 0 Å². The lowest BCUT2D eigenvalue weighted by atomic mass is 9.74. The van der Waals surface area contributed by atoms with Crippen molar-refractivity contribution in [3.63, 3.8) is 0 Å². The molecule has 0 unspecified atom stereocenters. The first-order valence-corrected chi connectivity index (χ1v) is 10.5. The van der Waals surface area contributed by atoms with E-state index in [-0.39, 0.29) is 0 Å². The first-order valence-electron chi connectivity index (χ1n) is 10.5. The monoisotopic (exact) mass is 388 g/mol. The Morgan fingerprint density at radius 2 is 1.79 bits per heavy atom. The zero-order valence-electron chi connectivity index (χ0n) is 17.3. The fraction of sp³-hybridized carbons (Fsp3) is 0.400. The third-order valence-electron chi connectivity index (χ3n) is 7.02. The average molecular weight is 389 g/mol. The molecular weight excluding hydrogens is 360 g/mol. The summed E-state index contributed by atoms with van der Waals surface area (Å²) in [5, 5.41) is 4.43. The molecule has 4 nitrogen and oxygen atoms in total. The van der Waals surface area contributed by atoms with Gasteiger partial charge in [-0.2, -0.15) is 0 Å². The number of aryl methyl sites for hydroxylation is 1. The summed E-state index contributed by atoms with van der Waals surface area (Å²) in [6.45, 7) is 2.15. The van der Waals surface area contributed by atoms with Gasteiger partial charge in [-0.25, -0.2) is 0 Å². The molecule has 0 amide bonds. The number of rotatable bonds is 4. The van der Waals surface area contributed by atoms with E-state index >= 15 is 0 Å². The van der Waals surface area contributed by atoms with E-state index in [2.05, 4.69) is 54.4 Å². The number of benzene rings is 2. The van der Waals surface area contributed by atoms with Crippen LogP contribution in [-0.2, 0) is 0 Å². The highest BCUT2D eigenvalue weighted by molar-refractivity contribution is 5.60. The third kappa shape index (κ3) is 3.25. The van der Waals surface area contributed by atoms with E-state index in [4.69, 9.17) is 9.26 Å². The van der Waals surface area contributed by atoms with Gasteiger partial charge >= 0.3 is 0 Å². The highest BCUT2D eigenvalue weighted by atomic mass is 16.5. The summed E-state index contributed by atoms with van der Waals surface area (Å²) in [6, 6.07) is 20.4. The lowest BCUT2D eigenvalue weighted by Gasteiger charge is -2.42. The number of hydrogen-bond donors (Lipinski definition) is 0. The summed E-state index contributed by atoms with van der Waals surface area (Å²) < 4.78 is 11.3. The van der Waals surface area contributed by atoms with Crippen LogP contribution in [-0.4, -0.2) is 36.3 Å². The topological polar surface area (TPSA) is 38.5 Å². The van der Waals surface area contributed by atoms with E-state index < -0.39 is 0 Å². The van der Waals surface area contributed by atoms with Gasteiger partial charge in [0.15, 0.2) is 0 Å².